The molecule has 1 amide bonds. The van der Waals surface area contributed by atoms with Gasteiger partial charge in [0, 0.05) is 13.0 Å². The molecule has 1 aliphatic rings. The Morgan fingerprint density at radius 3 is 3.00 bits per heavy atom. The number of likely N-dealkylation sites (tertiary alicyclic amines) is 1. The lowest BCUT2D eigenvalue weighted by Gasteiger charge is -2.19. The van der Waals surface area contributed by atoms with Crippen LogP contribution in [0.4, 0.5) is 0 Å². The van der Waals surface area contributed by atoms with Crippen molar-refractivity contribution in [2.45, 2.75) is 45.1 Å². The van der Waals surface area contributed by atoms with Crippen LogP contribution in [0.1, 0.15) is 39.0 Å². The average Bonchev–Trinajstić information content (AvgIpc) is 2.61. The topological polar surface area (TPSA) is 37.4 Å². The molecular weight excluding hydrogens is 166 g/mol. The van der Waals surface area contributed by atoms with Gasteiger partial charge in [-0.05, 0) is 19.3 Å². The van der Waals surface area contributed by atoms with Crippen LogP contribution < -0.4 is 0 Å². The van der Waals surface area contributed by atoms with E-state index < -0.39 is 0 Å². The molecule has 0 aliphatic carbocycles. The van der Waals surface area contributed by atoms with Crippen molar-refractivity contribution in [3.05, 3.63) is 0 Å². The van der Waals surface area contributed by atoms with Gasteiger partial charge in [-0.1, -0.05) is 13.3 Å². The Balaban J connectivity index is 2.40. The van der Waals surface area contributed by atoms with Crippen molar-refractivity contribution < 1.29 is 9.59 Å². The van der Waals surface area contributed by atoms with Crippen molar-refractivity contribution in [3.8, 4) is 0 Å². The van der Waals surface area contributed by atoms with Gasteiger partial charge in [0.05, 0.1) is 6.04 Å². The van der Waals surface area contributed by atoms with Crippen LogP contribution >= 0.6 is 0 Å². The SMILES string of the molecule is CCCCC(=O)N1CCCC1C=O. The van der Waals surface area contributed by atoms with Crippen LogP contribution in [0.2, 0.25) is 0 Å². The van der Waals surface area contributed by atoms with Gasteiger partial charge in [0.25, 0.3) is 0 Å². The highest BCUT2D eigenvalue weighted by Gasteiger charge is 2.27. The molecule has 0 aromatic heterocycles. The monoisotopic (exact) mass is 183 g/mol. The van der Waals surface area contributed by atoms with Gasteiger partial charge in [0.15, 0.2) is 0 Å². The number of amides is 1. The van der Waals surface area contributed by atoms with Crippen molar-refractivity contribution >= 4 is 12.2 Å². The summed E-state index contributed by atoms with van der Waals surface area (Å²) in [4.78, 5) is 23.9. The van der Waals surface area contributed by atoms with E-state index in [0.717, 1.165) is 38.5 Å². The zero-order valence-corrected chi connectivity index (χ0v) is 8.16. The molecule has 1 aliphatic heterocycles. The molecule has 3 heteroatoms. The Kier molecular flexibility index (Phi) is 3.93. The number of rotatable bonds is 4. The van der Waals surface area contributed by atoms with Crippen LogP contribution in [0, 0.1) is 0 Å². The van der Waals surface area contributed by atoms with Gasteiger partial charge < -0.3 is 9.69 Å². The standard InChI is InChI=1S/C10H17NO2/c1-2-3-6-10(13)11-7-4-5-9(11)8-12/h8-9H,2-7H2,1H3. The lowest BCUT2D eigenvalue weighted by Crippen LogP contribution is -2.36. The molecule has 0 aromatic carbocycles. The summed E-state index contributed by atoms with van der Waals surface area (Å²) in [6.45, 7) is 2.83. The van der Waals surface area contributed by atoms with Crippen molar-refractivity contribution in [1.82, 2.24) is 4.90 Å². The molecule has 0 N–H and O–H groups in total. The summed E-state index contributed by atoms with van der Waals surface area (Å²) in [6, 6.07) is -0.135. The molecule has 1 heterocycles. The molecule has 0 spiro atoms. The first-order valence-electron chi connectivity index (χ1n) is 5.04. The third kappa shape index (κ3) is 2.54. The van der Waals surface area contributed by atoms with Crippen molar-refractivity contribution in [2.24, 2.45) is 0 Å². The molecule has 1 fully saturated rings. The van der Waals surface area contributed by atoms with E-state index in [4.69, 9.17) is 0 Å². The minimum atomic E-state index is -0.135. The van der Waals surface area contributed by atoms with E-state index >= 15 is 0 Å². The Bertz CT molecular complexity index is 191. The first-order valence-corrected chi connectivity index (χ1v) is 5.04. The van der Waals surface area contributed by atoms with E-state index in [0.29, 0.717) is 6.42 Å². The average molecular weight is 183 g/mol. The number of nitrogens with zero attached hydrogens (tertiary/aromatic N) is 1. The maximum Gasteiger partial charge on any atom is 0.223 e. The van der Waals surface area contributed by atoms with Crippen LogP contribution in [0.25, 0.3) is 0 Å². The Hall–Kier alpha value is -0.860. The zero-order valence-electron chi connectivity index (χ0n) is 8.16. The largest absolute Gasteiger partial charge is 0.333 e. The third-order valence-corrected chi connectivity index (χ3v) is 2.52. The van der Waals surface area contributed by atoms with Crippen molar-refractivity contribution in [3.63, 3.8) is 0 Å². The number of aldehydes is 1. The lowest BCUT2D eigenvalue weighted by molar-refractivity contribution is -0.134. The quantitative estimate of drug-likeness (QED) is 0.617. The predicted molar refractivity (Wildman–Crippen MR) is 50.3 cm³/mol. The summed E-state index contributed by atoms with van der Waals surface area (Å²) in [5, 5.41) is 0. The van der Waals surface area contributed by atoms with Crippen LogP contribution in [-0.4, -0.2) is 29.7 Å². The molecule has 1 saturated heterocycles. The fourth-order valence-corrected chi connectivity index (χ4v) is 1.72. The van der Waals surface area contributed by atoms with Gasteiger partial charge in [0.2, 0.25) is 5.91 Å². The molecule has 0 aromatic rings. The van der Waals surface area contributed by atoms with E-state index in [-0.39, 0.29) is 11.9 Å². The lowest BCUT2D eigenvalue weighted by atomic mass is 10.2. The second-order valence-electron chi connectivity index (χ2n) is 3.54. The molecular formula is C10H17NO2. The summed E-state index contributed by atoms with van der Waals surface area (Å²) >= 11 is 0. The van der Waals surface area contributed by atoms with E-state index in [1.54, 1.807) is 4.90 Å². The van der Waals surface area contributed by atoms with Crippen LogP contribution in [0.15, 0.2) is 0 Å². The summed E-state index contributed by atoms with van der Waals surface area (Å²) in [5.74, 6) is 0.149. The third-order valence-electron chi connectivity index (χ3n) is 2.52. The molecule has 13 heavy (non-hydrogen) atoms. The number of carbonyl (C=O) groups excluding carboxylic acids is 2. The number of carbonyl (C=O) groups is 2. The summed E-state index contributed by atoms with van der Waals surface area (Å²) < 4.78 is 0. The number of unbranched alkanes of at least 4 members (excludes halogenated alkanes) is 1. The maximum absolute atomic E-state index is 11.5. The van der Waals surface area contributed by atoms with Crippen molar-refractivity contribution in [2.75, 3.05) is 6.54 Å². The smallest absolute Gasteiger partial charge is 0.223 e. The molecule has 0 saturated carbocycles. The predicted octanol–water partition coefficient (Wildman–Crippen LogP) is 1.37. The van der Waals surface area contributed by atoms with Crippen molar-refractivity contribution in [1.29, 1.82) is 0 Å². The highest BCUT2D eigenvalue weighted by molar-refractivity contribution is 5.80. The van der Waals surface area contributed by atoms with Gasteiger partial charge in [-0.3, -0.25) is 4.79 Å². The molecule has 1 unspecified atom stereocenters. The normalized spacial score (nSPS) is 21.9. The van der Waals surface area contributed by atoms with Gasteiger partial charge in [-0.2, -0.15) is 0 Å². The minimum Gasteiger partial charge on any atom is -0.333 e. The minimum absolute atomic E-state index is 0.135. The molecule has 0 bridgehead atoms. The van der Waals surface area contributed by atoms with Gasteiger partial charge in [0.1, 0.15) is 6.29 Å². The fraction of sp³-hybridized carbons (Fsp3) is 0.800. The summed E-state index contributed by atoms with van der Waals surface area (Å²) in [7, 11) is 0. The van der Waals surface area contributed by atoms with Crippen LogP contribution in [0.3, 0.4) is 0 Å². The molecule has 1 rings (SSSR count). The van der Waals surface area contributed by atoms with E-state index in [1.807, 2.05) is 0 Å². The fourth-order valence-electron chi connectivity index (χ4n) is 1.72. The van der Waals surface area contributed by atoms with E-state index in [1.165, 1.54) is 0 Å². The second kappa shape index (κ2) is 5.00. The Morgan fingerprint density at radius 2 is 2.38 bits per heavy atom. The second-order valence-corrected chi connectivity index (χ2v) is 3.54. The molecule has 3 nitrogen and oxygen atoms in total. The zero-order chi connectivity index (χ0) is 9.68. The van der Waals surface area contributed by atoms with Gasteiger partial charge in [-0.25, -0.2) is 0 Å². The van der Waals surface area contributed by atoms with Crippen LogP contribution in [-0.2, 0) is 9.59 Å². The highest BCUT2D eigenvalue weighted by Crippen LogP contribution is 2.16. The van der Waals surface area contributed by atoms with Gasteiger partial charge in [-0.15, -0.1) is 0 Å². The van der Waals surface area contributed by atoms with Gasteiger partial charge >= 0.3 is 0 Å². The van der Waals surface area contributed by atoms with E-state index in [2.05, 4.69) is 6.92 Å². The van der Waals surface area contributed by atoms with Crippen LogP contribution in [0.5, 0.6) is 0 Å². The molecule has 74 valence electrons. The first-order chi connectivity index (χ1) is 6.29. The Morgan fingerprint density at radius 1 is 1.62 bits per heavy atom. The maximum atomic E-state index is 11.5. The number of hydrogen-bond acceptors (Lipinski definition) is 2. The highest BCUT2D eigenvalue weighted by atomic mass is 16.2. The van der Waals surface area contributed by atoms with E-state index in [9.17, 15) is 9.59 Å². The molecule has 1 atom stereocenters. The summed E-state index contributed by atoms with van der Waals surface area (Å²) in [5.41, 5.74) is 0. The Labute approximate surface area is 79.1 Å². The summed E-state index contributed by atoms with van der Waals surface area (Å²) in [6.07, 6.45) is 5.28. The number of hydrogen-bond donors (Lipinski definition) is 0. The molecule has 0 radical (unpaired) electrons. The first kappa shape index (κ1) is 10.2.